The van der Waals surface area contributed by atoms with Crippen molar-refractivity contribution >= 4 is 11.3 Å². The first kappa shape index (κ1) is 27.0. The van der Waals surface area contributed by atoms with Crippen molar-refractivity contribution < 1.29 is 0 Å². The second-order valence-electron chi connectivity index (χ2n) is 6.89. The number of anilines is 1. The summed E-state index contributed by atoms with van der Waals surface area (Å²) in [5, 5.41) is 3.32. The van der Waals surface area contributed by atoms with E-state index in [4.69, 9.17) is 0 Å². The van der Waals surface area contributed by atoms with Crippen LogP contribution in [0.5, 0.6) is 0 Å². The van der Waals surface area contributed by atoms with E-state index in [1.54, 1.807) is 0 Å². The Kier molecular flexibility index (Phi) is 19.2. The molecule has 0 bridgehead atoms. The highest BCUT2D eigenvalue weighted by molar-refractivity contribution is 5.77. The average molecular weight is 362 g/mol. The molecule has 1 heterocycles. The summed E-state index contributed by atoms with van der Waals surface area (Å²) in [4.78, 5) is 0. The van der Waals surface area contributed by atoms with E-state index in [0.29, 0.717) is 0 Å². The third-order valence-corrected chi connectivity index (χ3v) is 4.36. The molecule has 0 amide bonds. The van der Waals surface area contributed by atoms with Crippen molar-refractivity contribution in [2.24, 2.45) is 11.8 Å². The van der Waals surface area contributed by atoms with Gasteiger partial charge >= 0.3 is 0 Å². The van der Waals surface area contributed by atoms with E-state index < -0.39 is 0 Å². The second kappa shape index (κ2) is 18.5. The van der Waals surface area contributed by atoms with Gasteiger partial charge in [-0.15, -0.1) is 0 Å². The Hall–Kier alpha value is -1.24. The van der Waals surface area contributed by atoms with E-state index in [9.17, 15) is 0 Å². The molecule has 0 aromatic heterocycles. The van der Waals surface area contributed by atoms with Crippen LogP contribution in [0.25, 0.3) is 5.57 Å². The fourth-order valence-electron chi connectivity index (χ4n) is 2.83. The first-order valence-electron chi connectivity index (χ1n) is 11.1. The largest absolute Gasteiger partial charge is 0.381 e. The Labute approximate surface area is 165 Å². The van der Waals surface area contributed by atoms with Gasteiger partial charge in [0.25, 0.3) is 0 Å². The number of hydrogen-bond acceptors (Lipinski definition) is 1. The molecule has 0 radical (unpaired) electrons. The van der Waals surface area contributed by atoms with Gasteiger partial charge in [-0.3, -0.25) is 0 Å². The summed E-state index contributed by atoms with van der Waals surface area (Å²) in [5.41, 5.74) is 3.96. The summed E-state index contributed by atoms with van der Waals surface area (Å²) in [6, 6.07) is 8.40. The molecule has 0 spiro atoms. The van der Waals surface area contributed by atoms with Gasteiger partial charge in [-0.1, -0.05) is 112 Å². The molecule has 0 unspecified atom stereocenters. The minimum absolute atomic E-state index is 0.961. The molecule has 3 rings (SSSR count). The number of allylic oxidation sites excluding steroid dienone is 1. The highest BCUT2D eigenvalue weighted by Gasteiger charge is 2.13. The average Bonchev–Trinajstić information content (AvgIpc) is 2.69. The highest BCUT2D eigenvalue weighted by atomic mass is 14.9. The van der Waals surface area contributed by atoms with Crippen LogP contribution in [0.4, 0.5) is 5.69 Å². The SMILES string of the molecule is CC.CC.CC1=CCNc2ccccc21.CC1CCC(C)CC1.CCC. The summed E-state index contributed by atoms with van der Waals surface area (Å²) in [7, 11) is 0. The monoisotopic (exact) mass is 361 g/mol. The minimum Gasteiger partial charge on any atom is -0.381 e. The molecule has 26 heavy (non-hydrogen) atoms. The van der Waals surface area contributed by atoms with Crippen molar-refractivity contribution in [2.45, 2.75) is 94.4 Å². The Morgan fingerprint density at radius 2 is 1.27 bits per heavy atom. The van der Waals surface area contributed by atoms with Gasteiger partial charge in [0.1, 0.15) is 0 Å². The number of nitrogens with one attached hydrogen (secondary N) is 1. The normalized spacial score (nSPS) is 19.7. The zero-order valence-electron chi connectivity index (χ0n) is 19.3. The number of rotatable bonds is 0. The Morgan fingerprint density at radius 3 is 1.69 bits per heavy atom. The van der Waals surface area contributed by atoms with E-state index in [1.807, 2.05) is 27.7 Å². The van der Waals surface area contributed by atoms with Crippen molar-refractivity contribution in [1.82, 2.24) is 0 Å². The zero-order chi connectivity index (χ0) is 20.4. The van der Waals surface area contributed by atoms with Gasteiger partial charge in [-0.2, -0.15) is 0 Å². The van der Waals surface area contributed by atoms with Gasteiger partial charge in [0, 0.05) is 17.8 Å². The summed E-state index contributed by atoms with van der Waals surface area (Å²) in [5.74, 6) is 2.04. The van der Waals surface area contributed by atoms with Crippen LogP contribution in [0.3, 0.4) is 0 Å². The smallest absolute Gasteiger partial charge is 0.0418 e. The molecule has 1 fully saturated rings. The molecule has 1 aliphatic carbocycles. The molecule has 1 aromatic rings. The Bertz CT molecular complexity index is 429. The van der Waals surface area contributed by atoms with Crippen molar-refractivity contribution in [3.05, 3.63) is 35.9 Å². The molecule has 1 aliphatic heterocycles. The molecule has 0 atom stereocenters. The molecule has 1 nitrogen and oxygen atoms in total. The molecule has 1 N–H and O–H groups in total. The summed E-state index contributed by atoms with van der Waals surface area (Å²) in [6.45, 7) is 20.1. The predicted molar refractivity (Wildman–Crippen MR) is 124 cm³/mol. The maximum Gasteiger partial charge on any atom is 0.0418 e. The number of fused-ring (bicyclic) bond motifs is 1. The molecule has 152 valence electrons. The summed E-state index contributed by atoms with van der Waals surface area (Å²) >= 11 is 0. The zero-order valence-corrected chi connectivity index (χ0v) is 19.3. The van der Waals surface area contributed by atoms with Crippen molar-refractivity contribution in [3.8, 4) is 0 Å². The van der Waals surface area contributed by atoms with Gasteiger partial charge in [0.15, 0.2) is 0 Å². The van der Waals surface area contributed by atoms with Crippen molar-refractivity contribution in [1.29, 1.82) is 0 Å². The number of hydrogen-bond donors (Lipinski definition) is 1. The summed E-state index contributed by atoms with van der Waals surface area (Å²) < 4.78 is 0. The molecule has 1 heteroatoms. The van der Waals surface area contributed by atoms with Crippen molar-refractivity contribution in [3.63, 3.8) is 0 Å². The number of para-hydroxylation sites is 1. The standard InChI is InChI=1S/C10H11N.C8H16.C3H8.2C2H6/c1-8-6-7-11-10-5-3-2-4-9(8)10;1-7-3-5-8(2)6-4-7;1-3-2;2*1-2/h2-6,11H,7H2,1H3;7-8H,3-6H2,1-2H3;3H2,1-2H3;2*1-2H3. The third-order valence-electron chi connectivity index (χ3n) is 4.36. The van der Waals surface area contributed by atoms with E-state index in [1.165, 1.54) is 48.9 Å². The summed E-state index contributed by atoms with van der Waals surface area (Å²) in [6.07, 6.45) is 9.35. The first-order chi connectivity index (χ1) is 12.6. The quantitative estimate of drug-likeness (QED) is 0.486. The maximum absolute atomic E-state index is 3.32. The van der Waals surface area contributed by atoms with Gasteiger partial charge in [0.2, 0.25) is 0 Å². The van der Waals surface area contributed by atoms with Crippen LogP contribution in [0.15, 0.2) is 30.3 Å². The lowest BCUT2D eigenvalue weighted by Gasteiger charge is -2.22. The fraction of sp³-hybridized carbons (Fsp3) is 0.680. The molecular formula is C25H47N. The van der Waals surface area contributed by atoms with Gasteiger partial charge < -0.3 is 5.32 Å². The Morgan fingerprint density at radius 1 is 0.846 bits per heavy atom. The van der Waals surface area contributed by atoms with E-state index in [-0.39, 0.29) is 0 Å². The molecular weight excluding hydrogens is 314 g/mol. The van der Waals surface area contributed by atoms with Crippen LogP contribution >= 0.6 is 0 Å². The van der Waals surface area contributed by atoms with Gasteiger partial charge in [-0.05, 0) is 30.4 Å². The predicted octanol–water partition coefficient (Wildman–Crippen LogP) is 8.82. The molecule has 0 saturated heterocycles. The number of benzene rings is 1. The minimum atomic E-state index is 0.961. The fourth-order valence-corrected chi connectivity index (χ4v) is 2.83. The van der Waals surface area contributed by atoms with Gasteiger partial charge in [-0.25, -0.2) is 0 Å². The second-order valence-corrected chi connectivity index (χ2v) is 6.89. The van der Waals surface area contributed by atoms with Crippen LogP contribution in [0, 0.1) is 11.8 Å². The van der Waals surface area contributed by atoms with Crippen molar-refractivity contribution in [2.75, 3.05) is 11.9 Å². The molecule has 2 aliphatic rings. The first-order valence-corrected chi connectivity index (χ1v) is 11.1. The van der Waals surface area contributed by atoms with Gasteiger partial charge in [0.05, 0.1) is 0 Å². The lowest BCUT2D eigenvalue weighted by Crippen LogP contribution is -2.08. The highest BCUT2D eigenvalue weighted by Crippen LogP contribution is 2.27. The van der Waals surface area contributed by atoms with Crippen LogP contribution in [0.1, 0.15) is 100.0 Å². The van der Waals surface area contributed by atoms with Crippen LogP contribution in [0.2, 0.25) is 0 Å². The molecule has 1 aromatic carbocycles. The van der Waals surface area contributed by atoms with E-state index >= 15 is 0 Å². The van der Waals surface area contributed by atoms with Crippen LogP contribution in [-0.2, 0) is 0 Å². The van der Waals surface area contributed by atoms with Crippen LogP contribution in [-0.4, -0.2) is 6.54 Å². The Balaban J connectivity index is 0. The molecule has 1 saturated carbocycles. The van der Waals surface area contributed by atoms with E-state index in [2.05, 4.69) is 70.3 Å². The topological polar surface area (TPSA) is 12.0 Å². The van der Waals surface area contributed by atoms with E-state index in [0.717, 1.165) is 18.4 Å². The van der Waals surface area contributed by atoms with Crippen LogP contribution < -0.4 is 5.32 Å². The maximum atomic E-state index is 3.32. The third kappa shape index (κ3) is 12.2. The lowest BCUT2D eigenvalue weighted by molar-refractivity contribution is 0.308. The lowest BCUT2D eigenvalue weighted by atomic mass is 9.84.